The molecule has 0 amide bonds. The average Bonchev–Trinajstić information content (AvgIpc) is 2.89. The van der Waals surface area contributed by atoms with Gasteiger partial charge in [-0.15, -0.1) is 6.58 Å². The van der Waals surface area contributed by atoms with Crippen molar-refractivity contribution < 1.29 is 9.26 Å². The Morgan fingerprint density at radius 1 is 1.67 bits per heavy atom. The van der Waals surface area contributed by atoms with E-state index in [0.29, 0.717) is 24.7 Å². The summed E-state index contributed by atoms with van der Waals surface area (Å²) in [6.07, 6.45) is 3.34. The van der Waals surface area contributed by atoms with Crippen LogP contribution < -0.4 is 5.73 Å². The highest BCUT2D eigenvalue weighted by Gasteiger charge is 2.24. The summed E-state index contributed by atoms with van der Waals surface area (Å²) in [6.45, 7) is 5.07. The number of aromatic nitrogens is 2. The highest BCUT2D eigenvalue weighted by Crippen LogP contribution is 2.23. The monoisotopic (exact) mass is 209 g/mol. The van der Waals surface area contributed by atoms with Gasteiger partial charge in [-0.05, 0) is 12.8 Å². The standard InChI is InChI=1S/C10H15N3O2/c1-2-3-8(11)10-12-9(13-15-10)7-4-5-14-6-7/h2,7-8H,1,3-6,11H2. The first kappa shape index (κ1) is 10.3. The van der Waals surface area contributed by atoms with Gasteiger partial charge >= 0.3 is 0 Å². The molecule has 0 aromatic carbocycles. The molecule has 82 valence electrons. The van der Waals surface area contributed by atoms with E-state index < -0.39 is 0 Å². The topological polar surface area (TPSA) is 74.2 Å². The van der Waals surface area contributed by atoms with Gasteiger partial charge in [-0.2, -0.15) is 4.98 Å². The Bertz CT molecular complexity index is 331. The van der Waals surface area contributed by atoms with Gasteiger partial charge in [0.2, 0.25) is 5.89 Å². The number of ether oxygens (including phenoxy) is 1. The van der Waals surface area contributed by atoms with Crippen molar-refractivity contribution in [2.24, 2.45) is 5.73 Å². The molecule has 15 heavy (non-hydrogen) atoms. The van der Waals surface area contributed by atoms with E-state index in [1.165, 1.54) is 0 Å². The van der Waals surface area contributed by atoms with E-state index in [1.807, 2.05) is 0 Å². The minimum absolute atomic E-state index is 0.244. The Labute approximate surface area is 88.3 Å². The maximum atomic E-state index is 5.82. The summed E-state index contributed by atoms with van der Waals surface area (Å²) in [5, 5.41) is 3.92. The smallest absolute Gasteiger partial charge is 0.243 e. The Hall–Kier alpha value is -1.20. The third kappa shape index (κ3) is 2.24. The van der Waals surface area contributed by atoms with Crippen LogP contribution in [0, 0.1) is 0 Å². The first-order valence-electron chi connectivity index (χ1n) is 5.09. The lowest BCUT2D eigenvalue weighted by atomic mass is 10.1. The highest BCUT2D eigenvalue weighted by atomic mass is 16.5. The van der Waals surface area contributed by atoms with E-state index in [2.05, 4.69) is 16.7 Å². The van der Waals surface area contributed by atoms with Crippen LogP contribution in [0.2, 0.25) is 0 Å². The van der Waals surface area contributed by atoms with Crippen LogP contribution in [0.25, 0.3) is 0 Å². The average molecular weight is 209 g/mol. The number of hydrogen-bond donors (Lipinski definition) is 1. The molecule has 2 unspecified atom stereocenters. The minimum atomic E-state index is -0.244. The summed E-state index contributed by atoms with van der Waals surface area (Å²) < 4.78 is 10.4. The third-order valence-corrected chi connectivity index (χ3v) is 2.49. The van der Waals surface area contributed by atoms with Crippen molar-refractivity contribution in [3.63, 3.8) is 0 Å². The molecule has 1 aliphatic rings. The lowest BCUT2D eigenvalue weighted by Crippen LogP contribution is -2.10. The summed E-state index contributed by atoms with van der Waals surface area (Å²) in [5.41, 5.74) is 5.82. The Balaban J connectivity index is 2.05. The van der Waals surface area contributed by atoms with Crippen LogP contribution >= 0.6 is 0 Å². The number of nitrogens with two attached hydrogens (primary N) is 1. The Morgan fingerprint density at radius 3 is 3.20 bits per heavy atom. The van der Waals surface area contributed by atoms with E-state index >= 15 is 0 Å². The van der Waals surface area contributed by atoms with E-state index in [1.54, 1.807) is 6.08 Å². The van der Waals surface area contributed by atoms with Gasteiger partial charge in [0.15, 0.2) is 5.82 Å². The summed E-state index contributed by atoms with van der Waals surface area (Å²) in [4.78, 5) is 4.28. The van der Waals surface area contributed by atoms with Crippen LogP contribution in [-0.4, -0.2) is 23.4 Å². The van der Waals surface area contributed by atoms with Gasteiger partial charge < -0.3 is 15.0 Å². The lowest BCUT2D eigenvalue weighted by molar-refractivity contribution is 0.192. The quantitative estimate of drug-likeness (QED) is 0.753. The molecule has 1 fully saturated rings. The summed E-state index contributed by atoms with van der Waals surface area (Å²) in [5.74, 6) is 1.46. The van der Waals surface area contributed by atoms with E-state index in [4.69, 9.17) is 15.0 Å². The van der Waals surface area contributed by atoms with Gasteiger partial charge in [0.25, 0.3) is 0 Å². The van der Waals surface area contributed by atoms with Crippen LogP contribution in [0.1, 0.15) is 36.5 Å². The number of rotatable bonds is 4. The molecule has 1 saturated heterocycles. The van der Waals surface area contributed by atoms with Gasteiger partial charge in [0, 0.05) is 12.5 Å². The predicted molar refractivity (Wildman–Crippen MR) is 54.2 cm³/mol. The van der Waals surface area contributed by atoms with Crippen molar-refractivity contribution in [1.82, 2.24) is 10.1 Å². The zero-order chi connectivity index (χ0) is 10.7. The second-order valence-electron chi connectivity index (χ2n) is 3.68. The molecule has 2 N–H and O–H groups in total. The summed E-state index contributed by atoms with van der Waals surface area (Å²) in [7, 11) is 0. The van der Waals surface area contributed by atoms with Crippen molar-refractivity contribution in [3.05, 3.63) is 24.4 Å². The van der Waals surface area contributed by atoms with Crippen molar-refractivity contribution in [2.75, 3.05) is 13.2 Å². The molecule has 5 heteroatoms. The van der Waals surface area contributed by atoms with E-state index in [0.717, 1.165) is 13.0 Å². The van der Waals surface area contributed by atoms with Gasteiger partial charge in [-0.3, -0.25) is 0 Å². The van der Waals surface area contributed by atoms with Gasteiger partial charge in [-0.25, -0.2) is 0 Å². The summed E-state index contributed by atoms with van der Waals surface area (Å²) >= 11 is 0. The molecular weight excluding hydrogens is 194 g/mol. The molecule has 0 aliphatic carbocycles. The lowest BCUT2D eigenvalue weighted by Gasteiger charge is -2.01. The molecule has 0 saturated carbocycles. The zero-order valence-corrected chi connectivity index (χ0v) is 8.56. The van der Waals surface area contributed by atoms with E-state index in [-0.39, 0.29) is 12.0 Å². The molecular formula is C10H15N3O2. The molecule has 5 nitrogen and oxygen atoms in total. The maximum absolute atomic E-state index is 5.82. The molecule has 1 aromatic rings. The number of hydrogen-bond acceptors (Lipinski definition) is 5. The van der Waals surface area contributed by atoms with Crippen LogP contribution in [0.3, 0.4) is 0 Å². The zero-order valence-electron chi connectivity index (χ0n) is 8.56. The molecule has 1 aliphatic heterocycles. The van der Waals surface area contributed by atoms with Crippen molar-refractivity contribution in [1.29, 1.82) is 0 Å². The largest absolute Gasteiger partial charge is 0.381 e. The molecule has 1 aromatic heterocycles. The fraction of sp³-hybridized carbons (Fsp3) is 0.600. The fourth-order valence-electron chi connectivity index (χ4n) is 1.58. The Morgan fingerprint density at radius 2 is 2.53 bits per heavy atom. The maximum Gasteiger partial charge on any atom is 0.243 e. The SMILES string of the molecule is C=CCC(N)c1nc(C2CCOC2)no1. The second-order valence-corrected chi connectivity index (χ2v) is 3.68. The van der Waals surface area contributed by atoms with Gasteiger partial charge in [0.1, 0.15) is 0 Å². The Kier molecular flexibility index (Phi) is 3.13. The van der Waals surface area contributed by atoms with Crippen LogP contribution in [0.5, 0.6) is 0 Å². The second kappa shape index (κ2) is 4.55. The minimum Gasteiger partial charge on any atom is -0.381 e. The fourth-order valence-corrected chi connectivity index (χ4v) is 1.58. The molecule has 2 rings (SSSR count). The molecule has 2 heterocycles. The van der Waals surface area contributed by atoms with Crippen LogP contribution in [0.4, 0.5) is 0 Å². The normalized spacial score (nSPS) is 22.9. The van der Waals surface area contributed by atoms with Crippen LogP contribution in [0.15, 0.2) is 17.2 Å². The first-order chi connectivity index (χ1) is 7.31. The highest BCUT2D eigenvalue weighted by molar-refractivity contribution is 5.00. The molecule has 0 radical (unpaired) electrons. The third-order valence-electron chi connectivity index (χ3n) is 2.49. The predicted octanol–water partition coefficient (Wildman–Crippen LogP) is 1.15. The van der Waals surface area contributed by atoms with Crippen molar-refractivity contribution in [3.8, 4) is 0 Å². The molecule has 0 bridgehead atoms. The van der Waals surface area contributed by atoms with Gasteiger partial charge in [-0.1, -0.05) is 11.2 Å². The van der Waals surface area contributed by atoms with Crippen molar-refractivity contribution in [2.45, 2.75) is 24.8 Å². The van der Waals surface area contributed by atoms with Crippen LogP contribution in [-0.2, 0) is 4.74 Å². The first-order valence-corrected chi connectivity index (χ1v) is 5.09. The summed E-state index contributed by atoms with van der Waals surface area (Å²) in [6, 6.07) is -0.244. The van der Waals surface area contributed by atoms with E-state index in [9.17, 15) is 0 Å². The molecule has 0 spiro atoms. The van der Waals surface area contributed by atoms with Crippen molar-refractivity contribution >= 4 is 0 Å². The van der Waals surface area contributed by atoms with Gasteiger partial charge in [0.05, 0.1) is 12.6 Å². The molecule has 2 atom stereocenters. The number of nitrogens with zero attached hydrogens (tertiary/aromatic N) is 2.